The van der Waals surface area contributed by atoms with Crippen LogP contribution in [0, 0.1) is 0 Å². The van der Waals surface area contributed by atoms with E-state index in [1.165, 1.54) is 5.56 Å². The van der Waals surface area contributed by atoms with Crippen LogP contribution in [-0.4, -0.2) is 55.5 Å². The highest BCUT2D eigenvalue weighted by Gasteiger charge is 2.18. The van der Waals surface area contributed by atoms with Gasteiger partial charge in [-0.1, -0.05) is 30.3 Å². The first kappa shape index (κ1) is 14.5. The summed E-state index contributed by atoms with van der Waals surface area (Å²) in [6, 6.07) is 10.7. The van der Waals surface area contributed by atoms with E-state index in [1.807, 2.05) is 18.2 Å². The molecule has 1 fully saturated rings. The number of morpholine rings is 1. The summed E-state index contributed by atoms with van der Waals surface area (Å²) >= 11 is 0. The van der Waals surface area contributed by atoms with Crippen molar-refractivity contribution in [3.8, 4) is 0 Å². The van der Waals surface area contributed by atoms with Crippen molar-refractivity contribution in [1.29, 1.82) is 0 Å². The number of hydrogen-bond acceptors (Lipinski definition) is 4. The molecule has 2 atom stereocenters. The van der Waals surface area contributed by atoms with Crippen LogP contribution in [0.2, 0.25) is 0 Å². The van der Waals surface area contributed by atoms with Gasteiger partial charge in [0.2, 0.25) is 0 Å². The van der Waals surface area contributed by atoms with E-state index in [2.05, 4.69) is 29.3 Å². The van der Waals surface area contributed by atoms with Crippen molar-refractivity contribution < 1.29 is 9.84 Å². The van der Waals surface area contributed by atoms with Crippen LogP contribution in [0.1, 0.15) is 18.5 Å². The summed E-state index contributed by atoms with van der Waals surface area (Å²) in [5, 5.41) is 13.0. The molecule has 19 heavy (non-hydrogen) atoms. The van der Waals surface area contributed by atoms with Crippen LogP contribution in [0.3, 0.4) is 0 Å². The fourth-order valence-corrected chi connectivity index (χ4v) is 2.45. The zero-order valence-electron chi connectivity index (χ0n) is 11.6. The van der Waals surface area contributed by atoms with Crippen molar-refractivity contribution in [2.75, 3.05) is 39.5 Å². The number of benzene rings is 1. The maximum absolute atomic E-state index is 9.53. The second kappa shape index (κ2) is 7.60. The Bertz CT molecular complexity index is 352. The first-order chi connectivity index (χ1) is 9.29. The van der Waals surface area contributed by atoms with Gasteiger partial charge in [-0.2, -0.15) is 0 Å². The molecule has 1 heterocycles. The molecular weight excluding hydrogens is 240 g/mol. The number of ether oxygens (including phenoxy) is 1. The molecule has 0 bridgehead atoms. The average molecular weight is 264 g/mol. The van der Waals surface area contributed by atoms with E-state index in [0.29, 0.717) is 0 Å². The van der Waals surface area contributed by atoms with Crippen LogP contribution in [0.15, 0.2) is 30.3 Å². The van der Waals surface area contributed by atoms with Crippen LogP contribution in [0.4, 0.5) is 0 Å². The Morgan fingerprint density at radius 1 is 1.26 bits per heavy atom. The highest BCUT2D eigenvalue weighted by molar-refractivity contribution is 5.18. The second-order valence-electron chi connectivity index (χ2n) is 5.09. The molecule has 0 unspecified atom stereocenters. The van der Waals surface area contributed by atoms with E-state index in [4.69, 9.17) is 4.74 Å². The van der Waals surface area contributed by atoms with Crippen LogP contribution in [-0.2, 0) is 4.74 Å². The van der Waals surface area contributed by atoms with Gasteiger partial charge in [-0.3, -0.25) is 4.90 Å². The van der Waals surface area contributed by atoms with E-state index in [-0.39, 0.29) is 18.7 Å². The van der Waals surface area contributed by atoms with Crippen LogP contribution >= 0.6 is 0 Å². The number of rotatable bonds is 6. The highest BCUT2D eigenvalue weighted by Crippen LogP contribution is 2.12. The smallest absolute Gasteiger partial charge is 0.0597 e. The maximum Gasteiger partial charge on any atom is 0.0597 e. The molecule has 0 aromatic heterocycles. The lowest BCUT2D eigenvalue weighted by Gasteiger charge is -2.31. The Labute approximate surface area is 115 Å². The SMILES string of the molecule is C[C@H](N[C@@H](CO)CN1CCOCC1)c1ccccc1. The zero-order chi connectivity index (χ0) is 13.5. The summed E-state index contributed by atoms with van der Waals surface area (Å²) in [6.45, 7) is 6.68. The molecule has 4 heteroatoms. The molecule has 0 spiro atoms. The molecule has 1 aliphatic heterocycles. The molecule has 0 saturated carbocycles. The Balaban J connectivity index is 1.84. The lowest BCUT2D eigenvalue weighted by Crippen LogP contribution is -2.47. The van der Waals surface area contributed by atoms with Gasteiger partial charge in [0.25, 0.3) is 0 Å². The standard InChI is InChI=1S/C15H24N2O2/c1-13(14-5-3-2-4-6-14)16-15(12-18)11-17-7-9-19-10-8-17/h2-6,13,15-16,18H,7-12H2,1H3/t13-,15+/m0/s1. The summed E-state index contributed by atoms with van der Waals surface area (Å²) in [6.07, 6.45) is 0. The minimum absolute atomic E-state index is 0.105. The van der Waals surface area contributed by atoms with E-state index in [1.54, 1.807) is 0 Å². The number of aliphatic hydroxyl groups excluding tert-OH is 1. The van der Waals surface area contributed by atoms with Gasteiger partial charge in [0.15, 0.2) is 0 Å². The minimum Gasteiger partial charge on any atom is -0.395 e. The third kappa shape index (κ3) is 4.58. The summed E-state index contributed by atoms with van der Waals surface area (Å²) in [5.41, 5.74) is 1.25. The Morgan fingerprint density at radius 3 is 2.58 bits per heavy atom. The summed E-state index contributed by atoms with van der Waals surface area (Å²) in [4.78, 5) is 2.34. The monoisotopic (exact) mass is 264 g/mol. The number of nitrogens with zero attached hydrogens (tertiary/aromatic N) is 1. The largest absolute Gasteiger partial charge is 0.395 e. The van der Waals surface area contributed by atoms with Gasteiger partial charge in [-0.15, -0.1) is 0 Å². The van der Waals surface area contributed by atoms with Gasteiger partial charge in [0.1, 0.15) is 0 Å². The van der Waals surface area contributed by atoms with Crippen LogP contribution in [0.5, 0.6) is 0 Å². The Morgan fingerprint density at radius 2 is 1.95 bits per heavy atom. The normalized spacial score (nSPS) is 20.1. The predicted molar refractivity (Wildman–Crippen MR) is 76.1 cm³/mol. The Hall–Kier alpha value is -0.940. The van der Waals surface area contributed by atoms with E-state index in [0.717, 1.165) is 32.8 Å². The average Bonchev–Trinajstić information content (AvgIpc) is 2.48. The lowest BCUT2D eigenvalue weighted by atomic mass is 10.1. The van der Waals surface area contributed by atoms with Crippen molar-refractivity contribution in [3.63, 3.8) is 0 Å². The van der Waals surface area contributed by atoms with E-state index >= 15 is 0 Å². The fraction of sp³-hybridized carbons (Fsp3) is 0.600. The van der Waals surface area contributed by atoms with Gasteiger partial charge in [0, 0.05) is 31.7 Å². The van der Waals surface area contributed by atoms with Gasteiger partial charge < -0.3 is 15.2 Å². The fourth-order valence-electron chi connectivity index (χ4n) is 2.45. The quantitative estimate of drug-likeness (QED) is 0.805. The summed E-state index contributed by atoms with van der Waals surface area (Å²) in [5.74, 6) is 0. The molecule has 0 aliphatic carbocycles. The second-order valence-corrected chi connectivity index (χ2v) is 5.09. The van der Waals surface area contributed by atoms with Crippen molar-refractivity contribution >= 4 is 0 Å². The molecule has 4 nitrogen and oxygen atoms in total. The number of aliphatic hydroxyl groups is 1. The van der Waals surface area contributed by atoms with Crippen molar-refractivity contribution in [1.82, 2.24) is 10.2 Å². The zero-order valence-corrected chi connectivity index (χ0v) is 11.6. The molecule has 106 valence electrons. The molecule has 1 aromatic carbocycles. The topological polar surface area (TPSA) is 44.7 Å². The van der Waals surface area contributed by atoms with Gasteiger partial charge in [-0.05, 0) is 12.5 Å². The molecule has 0 amide bonds. The molecule has 1 saturated heterocycles. The molecule has 1 aliphatic rings. The number of hydrogen-bond donors (Lipinski definition) is 2. The minimum atomic E-state index is 0.105. The summed E-state index contributed by atoms with van der Waals surface area (Å²) in [7, 11) is 0. The van der Waals surface area contributed by atoms with Crippen molar-refractivity contribution in [3.05, 3.63) is 35.9 Å². The highest BCUT2D eigenvalue weighted by atomic mass is 16.5. The lowest BCUT2D eigenvalue weighted by molar-refractivity contribution is 0.0291. The van der Waals surface area contributed by atoms with Gasteiger partial charge in [0.05, 0.1) is 19.8 Å². The predicted octanol–water partition coefficient (Wildman–Crippen LogP) is 1.03. The van der Waals surface area contributed by atoms with Crippen molar-refractivity contribution in [2.24, 2.45) is 0 Å². The summed E-state index contributed by atoms with van der Waals surface area (Å²) < 4.78 is 5.34. The third-order valence-corrected chi connectivity index (χ3v) is 3.59. The first-order valence-electron chi connectivity index (χ1n) is 7.01. The van der Waals surface area contributed by atoms with Gasteiger partial charge >= 0.3 is 0 Å². The van der Waals surface area contributed by atoms with E-state index < -0.39 is 0 Å². The van der Waals surface area contributed by atoms with Gasteiger partial charge in [-0.25, -0.2) is 0 Å². The molecule has 0 radical (unpaired) electrons. The third-order valence-electron chi connectivity index (χ3n) is 3.59. The Kier molecular flexibility index (Phi) is 5.79. The molecule has 2 rings (SSSR count). The molecular formula is C15H24N2O2. The van der Waals surface area contributed by atoms with Crippen molar-refractivity contribution in [2.45, 2.75) is 19.0 Å². The first-order valence-corrected chi connectivity index (χ1v) is 7.01. The number of nitrogens with one attached hydrogen (secondary N) is 1. The maximum atomic E-state index is 9.53. The van der Waals surface area contributed by atoms with Crippen LogP contribution < -0.4 is 5.32 Å². The molecule has 2 N–H and O–H groups in total. The van der Waals surface area contributed by atoms with E-state index in [9.17, 15) is 5.11 Å². The molecule has 1 aromatic rings. The van der Waals surface area contributed by atoms with Crippen LogP contribution in [0.25, 0.3) is 0 Å².